The topological polar surface area (TPSA) is 134 Å². The molecule has 0 aliphatic heterocycles. The number of nitrogens with zero attached hydrogens (tertiary/aromatic N) is 5. The molecule has 1 N–H and O–H groups in total. The average Bonchev–Trinajstić information content (AvgIpc) is 3.74. The van der Waals surface area contributed by atoms with Crippen molar-refractivity contribution in [2.75, 3.05) is 13.2 Å². The number of carbonyl (C=O) groups is 3. The van der Waals surface area contributed by atoms with Crippen LogP contribution in [0.4, 0.5) is 8.78 Å². The molecule has 0 aliphatic rings. The second-order valence-electron chi connectivity index (χ2n) is 10.3. The molecular formula is C34H38F2N6O5. The third-order valence-corrected chi connectivity index (χ3v) is 6.47. The molecule has 0 radical (unpaired) electrons. The molecule has 0 fully saturated rings. The summed E-state index contributed by atoms with van der Waals surface area (Å²) in [6.45, 7) is 11.7. The van der Waals surface area contributed by atoms with Crippen molar-refractivity contribution in [3.63, 3.8) is 0 Å². The Labute approximate surface area is 271 Å². The summed E-state index contributed by atoms with van der Waals surface area (Å²) < 4.78 is 39.8. The van der Waals surface area contributed by atoms with Crippen LogP contribution >= 0.6 is 0 Å². The van der Waals surface area contributed by atoms with Crippen LogP contribution in [-0.2, 0) is 22.6 Å². The van der Waals surface area contributed by atoms with Gasteiger partial charge in [0.05, 0.1) is 32.0 Å². The SMILES string of the molecule is CC(=O)c1cc(C)nn1Cc1ccccc1F.CCOC(=O)c1cc(C)[nH]n1.CCOC(=O)c1cc(C)n(Cc2ccccc2F)n1. The van der Waals surface area contributed by atoms with Crippen molar-refractivity contribution in [2.45, 2.75) is 54.6 Å². The fraction of sp³-hybridized carbons (Fsp3) is 0.294. The highest BCUT2D eigenvalue weighted by atomic mass is 19.1. The van der Waals surface area contributed by atoms with Gasteiger partial charge in [-0.25, -0.2) is 18.4 Å². The molecule has 5 aromatic rings. The van der Waals surface area contributed by atoms with Gasteiger partial charge in [0.15, 0.2) is 17.2 Å². The number of halogens is 2. The smallest absolute Gasteiger partial charge is 0.358 e. The van der Waals surface area contributed by atoms with Gasteiger partial charge in [-0.3, -0.25) is 19.3 Å². The molecule has 5 rings (SSSR count). The van der Waals surface area contributed by atoms with Gasteiger partial charge in [0, 0.05) is 29.4 Å². The van der Waals surface area contributed by atoms with Gasteiger partial charge < -0.3 is 9.47 Å². The second kappa shape index (κ2) is 17.3. The number of H-pyrrole nitrogens is 1. The molecule has 3 heterocycles. The van der Waals surface area contributed by atoms with E-state index in [1.807, 2.05) is 20.8 Å². The summed E-state index contributed by atoms with van der Waals surface area (Å²) >= 11 is 0. The standard InChI is InChI=1S/C14H15FN2O2.C13H13FN2O.C7H10N2O2/c1-3-19-14(18)13-8-10(2)17(16-13)9-11-6-4-5-7-12(11)15;1-9-7-13(10(2)17)16(15-9)8-11-5-3-4-6-12(11)14;1-3-11-7(10)6-4-5(2)8-9-6/h4-8H,3,9H2,1-2H3;3-7H,8H2,1-2H3;4H,3H2,1-2H3,(H,8,9). The number of nitrogens with one attached hydrogen (secondary N) is 1. The van der Waals surface area contributed by atoms with Crippen molar-refractivity contribution in [2.24, 2.45) is 0 Å². The van der Waals surface area contributed by atoms with Crippen molar-refractivity contribution in [1.29, 1.82) is 0 Å². The van der Waals surface area contributed by atoms with Gasteiger partial charge >= 0.3 is 11.9 Å². The molecular weight excluding hydrogens is 610 g/mol. The molecule has 0 amide bonds. The van der Waals surface area contributed by atoms with Crippen LogP contribution in [0.15, 0.2) is 66.7 Å². The minimum absolute atomic E-state index is 0.0676. The first-order chi connectivity index (χ1) is 22.4. The number of aryl methyl sites for hydroxylation is 3. The molecule has 13 heteroatoms. The number of Topliss-reactive ketones (excluding diaryl/α,β-unsaturated/α-hetero) is 1. The van der Waals surface area contributed by atoms with E-state index in [9.17, 15) is 23.2 Å². The quantitative estimate of drug-likeness (QED) is 0.151. The number of benzene rings is 2. The Kier molecular flexibility index (Phi) is 13.3. The number of rotatable bonds is 9. The Bertz CT molecular complexity index is 1810. The maximum absolute atomic E-state index is 13.6. The summed E-state index contributed by atoms with van der Waals surface area (Å²) in [5.74, 6) is -1.47. The van der Waals surface area contributed by atoms with Crippen LogP contribution in [0, 0.1) is 32.4 Å². The molecule has 0 bridgehead atoms. The third kappa shape index (κ3) is 10.6. The number of hydrogen-bond donors (Lipinski definition) is 1. The van der Waals surface area contributed by atoms with E-state index in [1.54, 1.807) is 73.1 Å². The Hall–Kier alpha value is -5.46. The number of aromatic amines is 1. The Morgan fingerprint density at radius 3 is 1.77 bits per heavy atom. The summed E-state index contributed by atoms with van der Waals surface area (Å²) in [7, 11) is 0. The molecule has 11 nitrogen and oxygen atoms in total. The Balaban J connectivity index is 0.000000198. The van der Waals surface area contributed by atoms with E-state index < -0.39 is 5.97 Å². The predicted molar refractivity (Wildman–Crippen MR) is 170 cm³/mol. The van der Waals surface area contributed by atoms with E-state index in [1.165, 1.54) is 23.7 Å². The van der Waals surface area contributed by atoms with Crippen molar-refractivity contribution in [3.05, 3.63) is 124 Å². The number of aromatic nitrogens is 6. The van der Waals surface area contributed by atoms with E-state index in [0.29, 0.717) is 35.7 Å². The lowest BCUT2D eigenvalue weighted by molar-refractivity contribution is 0.0509. The minimum Gasteiger partial charge on any atom is -0.461 e. The van der Waals surface area contributed by atoms with Crippen LogP contribution in [0.1, 0.15) is 80.4 Å². The second-order valence-corrected chi connectivity index (χ2v) is 10.3. The van der Waals surface area contributed by atoms with Crippen LogP contribution in [0.5, 0.6) is 0 Å². The number of carbonyl (C=O) groups excluding carboxylic acids is 3. The lowest BCUT2D eigenvalue weighted by Gasteiger charge is -2.06. The van der Waals surface area contributed by atoms with Crippen molar-refractivity contribution < 1.29 is 32.6 Å². The highest BCUT2D eigenvalue weighted by molar-refractivity contribution is 5.92. The van der Waals surface area contributed by atoms with Crippen molar-refractivity contribution in [3.8, 4) is 0 Å². The first-order valence-electron chi connectivity index (χ1n) is 14.9. The fourth-order valence-electron chi connectivity index (χ4n) is 4.23. The maximum atomic E-state index is 13.6. The first kappa shape index (κ1) is 36.0. The third-order valence-electron chi connectivity index (χ3n) is 6.47. The van der Waals surface area contributed by atoms with Crippen LogP contribution in [-0.4, -0.2) is 60.7 Å². The van der Waals surface area contributed by atoms with Gasteiger partial charge in [-0.2, -0.15) is 15.3 Å². The van der Waals surface area contributed by atoms with E-state index in [4.69, 9.17) is 9.47 Å². The summed E-state index contributed by atoms with van der Waals surface area (Å²) in [5.41, 5.74) is 4.54. The minimum atomic E-state index is -0.460. The normalized spacial score (nSPS) is 10.3. The molecule has 0 saturated heterocycles. The number of ketones is 1. The summed E-state index contributed by atoms with van der Waals surface area (Å²) in [6.07, 6.45) is 0. The van der Waals surface area contributed by atoms with Gasteiger partial charge in [-0.05, 0) is 65.0 Å². The maximum Gasteiger partial charge on any atom is 0.358 e. The molecule has 2 aromatic carbocycles. The van der Waals surface area contributed by atoms with Gasteiger partial charge in [-0.15, -0.1) is 0 Å². The molecule has 0 atom stereocenters. The summed E-state index contributed by atoms with van der Waals surface area (Å²) in [5, 5.41) is 14.7. The molecule has 47 heavy (non-hydrogen) atoms. The lowest BCUT2D eigenvalue weighted by atomic mass is 10.2. The van der Waals surface area contributed by atoms with Crippen LogP contribution in [0.2, 0.25) is 0 Å². The number of esters is 2. The molecule has 0 saturated carbocycles. The molecule has 3 aromatic heterocycles. The average molecular weight is 649 g/mol. The summed E-state index contributed by atoms with van der Waals surface area (Å²) in [6, 6.07) is 18.0. The Morgan fingerprint density at radius 2 is 1.28 bits per heavy atom. The zero-order valence-electron chi connectivity index (χ0n) is 27.2. The molecule has 0 spiro atoms. The zero-order chi connectivity index (χ0) is 34.5. The van der Waals surface area contributed by atoms with Crippen LogP contribution in [0.3, 0.4) is 0 Å². The van der Waals surface area contributed by atoms with E-state index >= 15 is 0 Å². The lowest BCUT2D eigenvalue weighted by Crippen LogP contribution is -2.10. The van der Waals surface area contributed by atoms with E-state index in [0.717, 1.165) is 17.1 Å². The summed E-state index contributed by atoms with van der Waals surface area (Å²) in [4.78, 5) is 33.9. The van der Waals surface area contributed by atoms with Crippen molar-refractivity contribution in [1.82, 2.24) is 29.8 Å². The Morgan fingerprint density at radius 1 is 0.745 bits per heavy atom. The van der Waals surface area contributed by atoms with Crippen LogP contribution < -0.4 is 0 Å². The first-order valence-corrected chi connectivity index (χ1v) is 14.9. The predicted octanol–water partition coefficient (Wildman–Crippen LogP) is 6.03. The number of ether oxygens (including phenoxy) is 2. The van der Waals surface area contributed by atoms with Crippen molar-refractivity contribution >= 4 is 17.7 Å². The highest BCUT2D eigenvalue weighted by Crippen LogP contribution is 2.13. The van der Waals surface area contributed by atoms with Gasteiger partial charge in [-0.1, -0.05) is 36.4 Å². The fourth-order valence-corrected chi connectivity index (χ4v) is 4.23. The van der Waals surface area contributed by atoms with E-state index in [-0.39, 0.29) is 42.2 Å². The van der Waals surface area contributed by atoms with Gasteiger partial charge in [0.1, 0.15) is 17.3 Å². The molecule has 0 unspecified atom stereocenters. The van der Waals surface area contributed by atoms with Gasteiger partial charge in [0.25, 0.3) is 0 Å². The number of hydrogen-bond acceptors (Lipinski definition) is 8. The van der Waals surface area contributed by atoms with E-state index in [2.05, 4.69) is 20.4 Å². The monoisotopic (exact) mass is 648 g/mol. The molecule has 0 aliphatic carbocycles. The largest absolute Gasteiger partial charge is 0.461 e. The van der Waals surface area contributed by atoms with Crippen LogP contribution in [0.25, 0.3) is 0 Å². The highest BCUT2D eigenvalue weighted by Gasteiger charge is 2.14. The molecule has 248 valence electrons. The zero-order valence-corrected chi connectivity index (χ0v) is 27.2. The van der Waals surface area contributed by atoms with Gasteiger partial charge in [0.2, 0.25) is 0 Å².